The summed E-state index contributed by atoms with van der Waals surface area (Å²) in [5, 5.41) is -5.44. The molecule has 0 amide bonds. The zero-order valence-electron chi connectivity index (χ0n) is 12.6. The van der Waals surface area contributed by atoms with E-state index in [-0.39, 0.29) is 30.1 Å². The molecule has 4 aliphatic carbocycles. The first-order chi connectivity index (χ1) is 11.0. The first-order valence-electron chi connectivity index (χ1n) is 8.28. The van der Waals surface area contributed by atoms with E-state index >= 15 is 0 Å². The third kappa shape index (κ3) is 1.82. The van der Waals surface area contributed by atoms with Crippen LogP contribution in [-0.2, 0) is 10.7 Å². The fourth-order valence-corrected chi connectivity index (χ4v) is 7.32. The summed E-state index contributed by atoms with van der Waals surface area (Å²) in [6, 6.07) is 0. The lowest BCUT2D eigenvalue weighted by molar-refractivity contribution is -0.305. The van der Waals surface area contributed by atoms with Crippen molar-refractivity contribution in [2.75, 3.05) is 0 Å². The molecule has 0 saturated heterocycles. The zero-order chi connectivity index (χ0) is 17.7. The van der Waals surface area contributed by atoms with E-state index in [1.807, 2.05) is 0 Å². The Hall–Kier alpha value is -0.470. The monoisotopic (exact) mass is 376 g/mol. The highest BCUT2D eigenvalue weighted by Crippen LogP contribution is 2.72. The highest BCUT2D eigenvalue weighted by atomic mass is 32.2. The predicted octanol–water partition coefficient (Wildman–Crippen LogP) is 3.78. The van der Waals surface area contributed by atoms with Crippen LogP contribution in [0.5, 0.6) is 0 Å². The van der Waals surface area contributed by atoms with Gasteiger partial charge in [0.15, 0.2) is 0 Å². The lowest BCUT2D eigenvalue weighted by Crippen LogP contribution is -2.62. The summed E-state index contributed by atoms with van der Waals surface area (Å²) < 4.78 is 104. The van der Waals surface area contributed by atoms with Crippen LogP contribution >= 0.6 is 0 Å². The van der Waals surface area contributed by atoms with Crippen LogP contribution in [0.4, 0.5) is 26.3 Å². The molecule has 138 valence electrons. The molecule has 8 atom stereocenters. The molecule has 0 aromatic carbocycles. The van der Waals surface area contributed by atoms with Crippen LogP contribution in [-0.4, -0.2) is 25.5 Å². The van der Waals surface area contributed by atoms with E-state index in [1.54, 1.807) is 0 Å². The Labute approximate surface area is 136 Å². The van der Waals surface area contributed by atoms with E-state index in [0.29, 0.717) is 12.3 Å². The van der Waals surface area contributed by atoms with E-state index in [4.69, 9.17) is 0 Å². The number of alkyl halides is 6. The van der Waals surface area contributed by atoms with Crippen molar-refractivity contribution in [1.29, 1.82) is 0 Å². The van der Waals surface area contributed by atoms with Gasteiger partial charge in [0.2, 0.25) is 10.7 Å². The second kappa shape index (κ2) is 4.82. The minimum Gasteiger partial charge on any atom is -0.225 e. The number of hydrogen-bond acceptors (Lipinski definition) is 2. The number of thiol groups is 1. The third-order valence-electron chi connectivity index (χ3n) is 7.32. The summed E-state index contributed by atoms with van der Waals surface area (Å²) in [5.74, 6) is -2.26. The van der Waals surface area contributed by atoms with E-state index in [9.17, 15) is 34.8 Å². The summed E-state index contributed by atoms with van der Waals surface area (Å²) in [7, 11) is -4.87. The van der Waals surface area contributed by atoms with Gasteiger partial charge in [-0.3, -0.25) is 0 Å². The Bertz CT molecular complexity index is 624. The molecule has 4 saturated carbocycles. The fraction of sp³-hybridized carbons (Fsp3) is 1.00. The van der Waals surface area contributed by atoms with Crippen molar-refractivity contribution in [2.24, 2.45) is 41.4 Å². The third-order valence-corrected chi connectivity index (χ3v) is 8.11. The smallest absolute Gasteiger partial charge is 0.225 e. The van der Waals surface area contributed by atoms with Gasteiger partial charge in [-0.05, 0) is 67.6 Å². The molecular weight excluding hydrogens is 358 g/mol. The van der Waals surface area contributed by atoms with Gasteiger partial charge >= 0.3 is 11.4 Å². The van der Waals surface area contributed by atoms with Gasteiger partial charge in [0.05, 0.1) is 0 Å². The molecule has 9 heteroatoms. The maximum Gasteiger partial charge on any atom is 0.429 e. The molecule has 0 aromatic rings. The number of hydrogen-bond donors (Lipinski definition) is 1. The topological polar surface area (TPSA) is 34.1 Å². The first kappa shape index (κ1) is 17.0. The number of halogens is 6. The van der Waals surface area contributed by atoms with E-state index in [2.05, 4.69) is 0 Å². The fourth-order valence-electron chi connectivity index (χ4n) is 6.76. The molecule has 2 nitrogen and oxygen atoms in total. The molecule has 0 spiro atoms. The standard InChI is InChI=1S/C15H18F6O2S/c16-13(14(17,18)19,15(20,21)24(22)23)10-5-8-4-9(10)12-7-2-1-6(3-7)11(8)12/h6-12,24H,1-5H2. The van der Waals surface area contributed by atoms with Crippen molar-refractivity contribution in [1.82, 2.24) is 0 Å². The zero-order valence-corrected chi connectivity index (χ0v) is 13.5. The molecule has 4 rings (SSSR count). The Morgan fingerprint density at radius 1 is 0.750 bits per heavy atom. The minimum atomic E-state index is -5.92. The Kier molecular flexibility index (Phi) is 3.41. The van der Waals surface area contributed by atoms with Crippen molar-refractivity contribution in [3.63, 3.8) is 0 Å². The highest BCUT2D eigenvalue weighted by molar-refractivity contribution is 7.73. The van der Waals surface area contributed by atoms with Crippen molar-refractivity contribution < 1.29 is 34.8 Å². The van der Waals surface area contributed by atoms with E-state index < -0.39 is 39.6 Å². The Morgan fingerprint density at radius 2 is 1.33 bits per heavy atom. The quantitative estimate of drug-likeness (QED) is 0.462. The molecule has 0 N–H and O–H groups in total. The largest absolute Gasteiger partial charge is 0.429 e. The molecule has 4 fully saturated rings. The molecule has 0 heterocycles. The normalized spacial score (nSPS) is 46.5. The van der Waals surface area contributed by atoms with Crippen LogP contribution in [0.15, 0.2) is 0 Å². The molecule has 8 unspecified atom stereocenters. The van der Waals surface area contributed by atoms with Crippen LogP contribution in [0.1, 0.15) is 32.1 Å². The summed E-state index contributed by atoms with van der Waals surface area (Å²) in [6.45, 7) is 0. The minimum absolute atomic E-state index is 0.148. The second-order valence-corrected chi connectivity index (χ2v) is 9.07. The van der Waals surface area contributed by atoms with Gasteiger partial charge in [0.1, 0.15) is 0 Å². The summed E-state index contributed by atoms with van der Waals surface area (Å²) >= 11 is 0. The Balaban J connectivity index is 1.74. The van der Waals surface area contributed by atoms with Crippen molar-refractivity contribution in [3.8, 4) is 0 Å². The molecule has 24 heavy (non-hydrogen) atoms. The maximum absolute atomic E-state index is 14.9. The van der Waals surface area contributed by atoms with Gasteiger partial charge in [-0.2, -0.15) is 22.0 Å². The lowest BCUT2D eigenvalue weighted by atomic mass is 9.64. The van der Waals surface area contributed by atoms with Crippen LogP contribution in [0.3, 0.4) is 0 Å². The van der Waals surface area contributed by atoms with Gasteiger partial charge in [-0.1, -0.05) is 0 Å². The predicted molar refractivity (Wildman–Crippen MR) is 72.7 cm³/mol. The van der Waals surface area contributed by atoms with Gasteiger partial charge < -0.3 is 0 Å². The van der Waals surface area contributed by atoms with E-state index in [0.717, 1.165) is 19.3 Å². The van der Waals surface area contributed by atoms with Crippen molar-refractivity contribution in [3.05, 3.63) is 0 Å². The average molecular weight is 376 g/mol. The van der Waals surface area contributed by atoms with Crippen molar-refractivity contribution >= 4 is 10.7 Å². The van der Waals surface area contributed by atoms with Gasteiger partial charge in [0.25, 0.3) is 5.67 Å². The van der Waals surface area contributed by atoms with Crippen LogP contribution in [0, 0.1) is 41.4 Å². The lowest BCUT2D eigenvalue weighted by Gasteiger charge is -2.45. The SMILES string of the molecule is O=[SH](=O)C(F)(F)C(F)(C1CC2CC1C1C3CCC(C3)C21)C(F)(F)F. The summed E-state index contributed by atoms with van der Waals surface area (Å²) in [6.07, 6.45) is -3.12. The molecular formula is C15H18F6O2S. The van der Waals surface area contributed by atoms with Gasteiger partial charge in [-0.25, -0.2) is 12.8 Å². The van der Waals surface area contributed by atoms with Crippen LogP contribution in [0.2, 0.25) is 0 Å². The second-order valence-electron chi connectivity index (χ2n) is 8.00. The highest BCUT2D eigenvalue weighted by Gasteiger charge is 2.80. The van der Waals surface area contributed by atoms with Gasteiger partial charge in [0, 0.05) is 5.92 Å². The van der Waals surface area contributed by atoms with Crippen LogP contribution in [0.25, 0.3) is 0 Å². The van der Waals surface area contributed by atoms with Crippen LogP contribution < -0.4 is 0 Å². The van der Waals surface area contributed by atoms with Gasteiger partial charge in [-0.15, -0.1) is 0 Å². The summed E-state index contributed by atoms with van der Waals surface area (Å²) in [5.41, 5.74) is -5.00. The number of fused-ring (bicyclic) bond motifs is 9. The molecule has 4 bridgehead atoms. The molecule has 0 aromatic heterocycles. The molecule has 0 aliphatic heterocycles. The molecule has 4 aliphatic rings. The first-order valence-corrected chi connectivity index (χ1v) is 9.45. The molecule has 0 radical (unpaired) electrons. The van der Waals surface area contributed by atoms with Crippen molar-refractivity contribution in [2.45, 2.75) is 49.2 Å². The maximum atomic E-state index is 14.9. The number of rotatable bonds is 3. The average Bonchev–Trinajstić information content (AvgIpc) is 3.22. The Morgan fingerprint density at radius 3 is 1.88 bits per heavy atom. The summed E-state index contributed by atoms with van der Waals surface area (Å²) in [4.78, 5) is 0. The van der Waals surface area contributed by atoms with E-state index in [1.165, 1.54) is 0 Å².